The second-order valence-electron chi connectivity index (χ2n) is 8.04. The number of anilines is 1. The van der Waals surface area contributed by atoms with Gasteiger partial charge in [0.25, 0.3) is 0 Å². The molecule has 0 bridgehead atoms. The van der Waals surface area contributed by atoms with Crippen molar-refractivity contribution in [1.29, 1.82) is 4.78 Å². The summed E-state index contributed by atoms with van der Waals surface area (Å²) in [6.07, 6.45) is 7.31. The Kier molecular flexibility index (Phi) is 6.65. The van der Waals surface area contributed by atoms with Crippen molar-refractivity contribution in [3.05, 3.63) is 53.7 Å². The lowest BCUT2D eigenvalue weighted by Gasteiger charge is -2.17. The van der Waals surface area contributed by atoms with Gasteiger partial charge in [0.1, 0.15) is 9.21 Å². The number of urea groups is 1. The lowest BCUT2D eigenvalue weighted by atomic mass is 9.98. The molecule has 0 aliphatic heterocycles. The summed E-state index contributed by atoms with van der Waals surface area (Å²) in [7, 11) is -4.50. The topological polar surface area (TPSA) is 134 Å². The predicted molar refractivity (Wildman–Crippen MR) is 136 cm³/mol. The van der Waals surface area contributed by atoms with Gasteiger partial charge in [0.2, 0.25) is 5.88 Å². The standard InChI is InChI=1S/C22H25N5O4S3/c1-31-18-13-15(11-12-24-18)17-8-7-14-5-4-6-16(14)21(17)25-22(28)27-34(23,30)20-10-9-19(32-20)26-33(2,3)29/h7-13H,4-6H2,1-3H3,(H3,23,25,27,28,30). The van der Waals surface area contributed by atoms with Crippen molar-refractivity contribution in [2.45, 2.75) is 23.5 Å². The Labute approximate surface area is 203 Å². The maximum absolute atomic E-state index is 13.0. The van der Waals surface area contributed by atoms with Crippen LogP contribution in [0.5, 0.6) is 5.88 Å². The molecule has 1 aliphatic carbocycles. The van der Waals surface area contributed by atoms with Gasteiger partial charge in [-0.1, -0.05) is 12.1 Å². The number of nitrogens with zero attached hydrogens (tertiary/aromatic N) is 2. The molecule has 12 heteroatoms. The van der Waals surface area contributed by atoms with Crippen molar-refractivity contribution in [3.8, 4) is 17.0 Å². The number of amides is 2. The summed E-state index contributed by atoms with van der Waals surface area (Å²) in [5, 5.41) is 3.23. The van der Waals surface area contributed by atoms with E-state index in [1.165, 1.54) is 25.7 Å². The van der Waals surface area contributed by atoms with Crippen molar-refractivity contribution < 1.29 is 17.9 Å². The van der Waals surface area contributed by atoms with Crippen LogP contribution in [-0.2, 0) is 32.5 Å². The molecule has 0 fully saturated rings. The van der Waals surface area contributed by atoms with Gasteiger partial charge in [0, 0.05) is 40.1 Å². The third-order valence-electron chi connectivity index (χ3n) is 5.17. The Morgan fingerprint density at radius 1 is 1.18 bits per heavy atom. The quantitative estimate of drug-likeness (QED) is 0.430. The molecule has 4 rings (SSSR count). The first-order chi connectivity index (χ1) is 16.1. The first-order valence-corrected chi connectivity index (χ1v) is 15.1. The van der Waals surface area contributed by atoms with Gasteiger partial charge in [-0.2, -0.15) is 4.36 Å². The van der Waals surface area contributed by atoms with Crippen LogP contribution in [0.1, 0.15) is 17.5 Å². The molecule has 2 heterocycles. The van der Waals surface area contributed by atoms with Gasteiger partial charge in [-0.25, -0.2) is 27.7 Å². The van der Waals surface area contributed by atoms with Crippen LogP contribution in [0.2, 0.25) is 0 Å². The smallest absolute Gasteiger partial charge is 0.331 e. The zero-order chi connectivity index (χ0) is 24.5. The van der Waals surface area contributed by atoms with Crippen molar-refractivity contribution in [2.75, 3.05) is 24.9 Å². The van der Waals surface area contributed by atoms with E-state index in [2.05, 4.69) is 25.5 Å². The number of thiophene rings is 1. The summed E-state index contributed by atoms with van der Waals surface area (Å²) < 4.78 is 44.9. The predicted octanol–water partition coefficient (Wildman–Crippen LogP) is 4.81. The zero-order valence-corrected chi connectivity index (χ0v) is 21.4. The molecule has 2 amide bonds. The second kappa shape index (κ2) is 9.35. The van der Waals surface area contributed by atoms with Crippen LogP contribution >= 0.6 is 11.3 Å². The molecule has 1 aromatic carbocycles. The number of benzene rings is 1. The first kappa shape index (κ1) is 24.2. The lowest BCUT2D eigenvalue weighted by Crippen LogP contribution is -2.33. The van der Waals surface area contributed by atoms with Crippen LogP contribution in [0.15, 0.2) is 51.2 Å². The Hall–Kier alpha value is -2.96. The number of nitrogens with one attached hydrogen (secondary N) is 3. The van der Waals surface area contributed by atoms with E-state index in [1.807, 2.05) is 12.1 Å². The van der Waals surface area contributed by atoms with Gasteiger partial charge in [-0.3, -0.25) is 0 Å². The van der Waals surface area contributed by atoms with Gasteiger partial charge >= 0.3 is 6.03 Å². The number of hydrogen-bond acceptors (Lipinski definition) is 8. The largest absolute Gasteiger partial charge is 0.481 e. The second-order valence-corrected chi connectivity index (χ2v) is 13.7. The molecule has 1 atom stereocenters. The van der Waals surface area contributed by atoms with Crippen LogP contribution < -0.4 is 14.8 Å². The highest BCUT2D eigenvalue weighted by atomic mass is 32.2. The number of aryl methyl sites for hydroxylation is 1. The molecule has 1 aliphatic rings. The molecule has 0 saturated heterocycles. The van der Waals surface area contributed by atoms with Crippen LogP contribution in [0.3, 0.4) is 0 Å². The molecule has 34 heavy (non-hydrogen) atoms. The molecule has 3 N–H and O–H groups in total. The molecule has 0 radical (unpaired) electrons. The Bertz CT molecular complexity index is 1480. The number of rotatable bonds is 6. The van der Waals surface area contributed by atoms with E-state index in [9.17, 15) is 13.2 Å². The fourth-order valence-corrected chi connectivity index (χ4v) is 6.97. The Balaban J connectivity index is 1.63. The van der Waals surface area contributed by atoms with Crippen LogP contribution in [-0.4, -0.2) is 39.1 Å². The number of pyridine rings is 1. The lowest BCUT2D eigenvalue weighted by molar-refractivity contribution is 0.257. The average Bonchev–Trinajstić information content (AvgIpc) is 3.42. The van der Waals surface area contributed by atoms with Crippen molar-refractivity contribution >= 4 is 47.7 Å². The first-order valence-electron chi connectivity index (χ1n) is 10.4. The summed E-state index contributed by atoms with van der Waals surface area (Å²) in [6.45, 7) is 0. The van der Waals surface area contributed by atoms with Crippen molar-refractivity contribution in [2.24, 2.45) is 4.36 Å². The minimum atomic E-state index is -3.64. The summed E-state index contributed by atoms with van der Waals surface area (Å²) in [5.74, 6) is 0.449. The number of fused-ring (bicyclic) bond motifs is 1. The molecular weight excluding hydrogens is 494 g/mol. The van der Waals surface area contributed by atoms with E-state index in [0.29, 0.717) is 16.6 Å². The molecular formula is C22H25N5O4S3. The highest BCUT2D eigenvalue weighted by molar-refractivity contribution is 7.93. The molecule has 2 aromatic heterocycles. The molecule has 9 nitrogen and oxygen atoms in total. The molecule has 180 valence electrons. The molecule has 0 spiro atoms. The van der Waals surface area contributed by atoms with Gasteiger partial charge in [0.05, 0.1) is 12.8 Å². The fourth-order valence-electron chi connectivity index (χ4n) is 3.79. The number of methoxy groups -OCH3 is 1. The highest BCUT2D eigenvalue weighted by Gasteiger charge is 2.23. The van der Waals surface area contributed by atoms with Gasteiger partial charge in [0.15, 0.2) is 9.92 Å². The van der Waals surface area contributed by atoms with E-state index in [1.54, 1.807) is 18.3 Å². The number of aromatic nitrogens is 1. The number of carbonyl (C=O) groups is 1. The Morgan fingerprint density at radius 2 is 1.97 bits per heavy atom. The summed E-state index contributed by atoms with van der Waals surface area (Å²) in [4.78, 5) is 17.1. The van der Waals surface area contributed by atoms with Crippen LogP contribution in [0.4, 0.5) is 15.5 Å². The van der Waals surface area contributed by atoms with E-state index in [0.717, 1.165) is 52.9 Å². The van der Waals surface area contributed by atoms with Crippen LogP contribution in [0.25, 0.3) is 11.1 Å². The zero-order valence-electron chi connectivity index (χ0n) is 18.9. The van der Waals surface area contributed by atoms with Gasteiger partial charge in [-0.05, 0) is 54.2 Å². The minimum absolute atomic E-state index is 0.127. The number of carbonyl (C=O) groups excluding carboxylic acids is 1. The van der Waals surface area contributed by atoms with Gasteiger partial charge in [-0.15, -0.1) is 11.3 Å². The normalized spacial score (nSPS) is 14.7. The maximum Gasteiger partial charge on any atom is 0.331 e. The summed E-state index contributed by atoms with van der Waals surface area (Å²) in [5.41, 5.74) is 4.40. The SMILES string of the molecule is COc1cc(-c2ccc3c(c2NC(=O)NS(=N)(=O)c2ccc(N=S(C)(C)=O)s2)CCC3)ccn1. The fraction of sp³-hybridized carbons (Fsp3) is 0.273. The molecule has 1 unspecified atom stereocenters. The third-order valence-corrected chi connectivity index (χ3v) is 8.83. The number of ether oxygens (including phenoxy) is 1. The van der Waals surface area contributed by atoms with Crippen molar-refractivity contribution in [1.82, 2.24) is 9.71 Å². The molecule has 3 aromatic rings. The van der Waals surface area contributed by atoms with E-state index in [-0.39, 0.29) is 4.21 Å². The van der Waals surface area contributed by atoms with Crippen LogP contribution in [0, 0.1) is 4.78 Å². The maximum atomic E-state index is 13.0. The third kappa shape index (κ3) is 5.40. The number of hydrogen-bond donors (Lipinski definition) is 3. The van der Waals surface area contributed by atoms with E-state index in [4.69, 9.17) is 9.52 Å². The monoisotopic (exact) mass is 519 g/mol. The van der Waals surface area contributed by atoms with E-state index >= 15 is 0 Å². The molecule has 0 saturated carbocycles. The van der Waals surface area contributed by atoms with Crippen molar-refractivity contribution in [3.63, 3.8) is 0 Å². The van der Waals surface area contributed by atoms with E-state index < -0.39 is 25.7 Å². The summed E-state index contributed by atoms with van der Waals surface area (Å²) in [6, 6.07) is 9.85. The minimum Gasteiger partial charge on any atom is -0.481 e. The highest BCUT2D eigenvalue weighted by Crippen LogP contribution is 2.38. The summed E-state index contributed by atoms with van der Waals surface area (Å²) >= 11 is 0.967. The average molecular weight is 520 g/mol. The Morgan fingerprint density at radius 3 is 2.71 bits per heavy atom. The van der Waals surface area contributed by atoms with Gasteiger partial charge < -0.3 is 10.1 Å².